The van der Waals surface area contributed by atoms with Crippen LogP contribution in [0.1, 0.15) is 36.3 Å². The van der Waals surface area contributed by atoms with E-state index in [-0.39, 0.29) is 25.0 Å². The molecule has 160 valence electrons. The number of carboxylic acid groups (broad SMARTS) is 1. The third kappa shape index (κ3) is 3.34. The van der Waals surface area contributed by atoms with Gasteiger partial charge in [0, 0.05) is 19.0 Å². The molecule has 7 nitrogen and oxygen atoms in total. The molecule has 2 amide bonds. The monoisotopic (exact) mass is 420 g/mol. The van der Waals surface area contributed by atoms with Gasteiger partial charge in [0.15, 0.2) is 0 Å². The van der Waals surface area contributed by atoms with Crippen molar-refractivity contribution in [3.05, 3.63) is 59.7 Å². The van der Waals surface area contributed by atoms with E-state index < -0.39 is 23.5 Å². The van der Waals surface area contributed by atoms with E-state index in [0.717, 1.165) is 22.3 Å². The lowest BCUT2D eigenvalue weighted by atomic mass is 9.97. The number of carbonyl (C=O) groups is 3. The number of aliphatic carboxylic acids is 1. The molecule has 2 fully saturated rings. The average molecular weight is 420 g/mol. The van der Waals surface area contributed by atoms with Crippen LogP contribution in [0.2, 0.25) is 0 Å². The van der Waals surface area contributed by atoms with Gasteiger partial charge in [0.25, 0.3) is 0 Å². The van der Waals surface area contributed by atoms with Crippen LogP contribution in [0, 0.1) is 5.41 Å². The van der Waals surface area contributed by atoms with Gasteiger partial charge in [-0.05, 0) is 41.5 Å². The van der Waals surface area contributed by atoms with Crippen LogP contribution in [0.4, 0.5) is 4.79 Å². The van der Waals surface area contributed by atoms with E-state index in [9.17, 15) is 19.5 Å². The SMILES string of the molecule is O=C(NCC1(C(=O)N2CCC2C(=O)O)CC1)OCC1c2ccccc2-c2ccccc21. The lowest BCUT2D eigenvalue weighted by molar-refractivity contribution is -0.160. The van der Waals surface area contributed by atoms with Gasteiger partial charge in [-0.3, -0.25) is 4.79 Å². The van der Waals surface area contributed by atoms with Crippen molar-refractivity contribution in [2.45, 2.75) is 31.2 Å². The summed E-state index contributed by atoms with van der Waals surface area (Å²) >= 11 is 0. The number of likely N-dealkylation sites (tertiary alicyclic amines) is 1. The topological polar surface area (TPSA) is 95.9 Å². The predicted octanol–water partition coefficient (Wildman–Crippen LogP) is 2.99. The molecule has 5 rings (SSSR count). The third-order valence-electron chi connectivity index (χ3n) is 6.79. The fraction of sp³-hybridized carbons (Fsp3) is 0.375. The zero-order chi connectivity index (χ0) is 21.6. The summed E-state index contributed by atoms with van der Waals surface area (Å²) in [5.74, 6) is -1.17. The van der Waals surface area contributed by atoms with Gasteiger partial charge < -0.3 is 20.1 Å². The summed E-state index contributed by atoms with van der Waals surface area (Å²) in [5.41, 5.74) is 3.93. The number of rotatable bonds is 6. The highest BCUT2D eigenvalue weighted by Crippen LogP contribution is 2.48. The summed E-state index contributed by atoms with van der Waals surface area (Å²) in [6, 6.07) is 15.5. The van der Waals surface area contributed by atoms with Crippen molar-refractivity contribution >= 4 is 18.0 Å². The molecule has 7 heteroatoms. The number of ether oxygens (including phenoxy) is 1. The van der Waals surface area contributed by atoms with Crippen LogP contribution in [0.3, 0.4) is 0 Å². The summed E-state index contributed by atoms with van der Waals surface area (Å²) in [4.78, 5) is 37.8. The van der Waals surface area contributed by atoms with Crippen LogP contribution < -0.4 is 5.32 Å². The highest BCUT2D eigenvalue weighted by Gasteiger charge is 2.55. The van der Waals surface area contributed by atoms with Crippen LogP contribution in [0.25, 0.3) is 11.1 Å². The molecular formula is C24H24N2O5. The Labute approximate surface area is 180 Å². The van der Waals surface area contributed by atoms with Gasteiger partial charge in [0.2, 0.25) is 5.91 Å². The quantitative estimate of drug-likeness (QED) is 0.749. The first-order chi connectivity index (χ1) is 15.0. The van der Waals surface area contributed by atoms with E-state index in [2.05, 4.69) is 29.6 Å². The van der Waals surface area contributed by atoms with E-state index in [4.69, 9.17) is 4.74 Å². The van der Waals surface area contributed by atoms with Gasteiger partial charge >= 0.3 is 12.1 Å². The Morgan fingerprint density at radius 3 is 2.16 bits per heavy atom. The number of hydrogen-bond acceptors (Lipinski definition) is 4. The molecule has 1 saturated carbocycles. The molecule has 0 spiro atoms. The Morgan fingerprint density at radius 1 is 1.03 bits per heavy atom. The first-order valence-corrected chi connectivity index (χ1v) is 10.6. The molecule has 3 aliphatic rings. The van der Waals surface area contributed by atoms with E-state index in [0.29, 0.717) is 25.8 Å². The summed E-state index contributed by atoms with van der Waals surface area (Å²) in [6.45, 7) is 0.849. The van der Waals surface area contributed by atoms with Crippen LogP contribution in [0.15, 0.2) is 48.5 Å². The van der Waals surface area contributed by atoms with Crippen LogP contribution in [0.5, 0.6) is 0 Å². The Balaban J connectivity index is 1.19. The second-order valence-electron chi connectivity index (χ2n) is 8.60. The van der Waals surface area contributed by atoms with Gasteiger partial charge in [0.05, 0.1) is 5.41 Å². The number of amides is 2. The van der Waals surface area contributed by atoms with E-state index in [1.54, 1.807) is 0 Å². The molecule has 2 N–H and O–H groups in total. The molecule has 1 heterocycles. The maximum Gasteiger partial charge on any atom is 0.407 e. The Hall–Kier alpha value is -3.35. The second kappa shape index (κ2) is 7.41. The van der Waals surface area contributed by atoms with Crippen LogP contribution in [-0.2, 0) is 14.3 Å². The molecule has 2 aromatic carbocycles. The highest BCUT2D eigenvalue weighted by atomic mass is 16.5. The van der Waals surface area contributed by atoms with Crippen LogP contribution >= 0.6 is 0 Å². The van der Waals surface area contributed by atoms with E-state index in [1.807, 2.05) is 24.3 Å². The molecule has 31 heavy (non-hydrogen) atoms. The normalized spacial score (nSPS) is 20.3. The van der Waals surface area contributed by atoms with Gasteiger partial charge in [-0.2, -0.15) is 0 Å². The highest BCUT2D eigenvalue weighted by molar-refractivity contribution is 5.91. The number of hydrogen-bond donors (Lipinski definition) is 2. The second-order valence-corrected chi connectivity index (χ2v) is 8.60. The largest absolute Gasteiger partial charge is 0.480 e. The summed E-state index contributed by atoms with van der Waals surface area (Å²) in [5, 5.41) is 11.9. The van der Waals surface area contributed by atoms with Gasteiger partial charge in [-0.1, -0.05) is 48.5 Å². The zero-order valence-corrected chi connectivity index (χ0v) is 17.0. The summed E-state index contributed by atoms with van der Waals surface area (Å²) < 4.78 is 5.53. The number of fused-ring (bicyclic) bond motifs is 3. The zero-order valence-electron chi connectivity index (χ0n) is 17.0. The molecule has 0 bridgehead atoms. The fourth-order valence-corrected chi connectivity index (χ4v) is 4.70. The Kier molecular flexibility index (Phi) is 4.68. The first kappa shape index (κ1) is 19.6. The molecule has 1 aliphatic heterocycles. The number of benzene rings is 2. The van der Waals surface area contributed by atoms with Gasteiger partial charge in [-0.25, -0.2) is 9.59 Å². The van der Waals surface area contributed by atoms with Crippen molar-refractivity contribution in [3.63, 3.8) is 0 Å². The smallest absolute Gasteiger partial charge is 0.407 e. The fourth-order valence-electron chi connectivity index (χ4n) is 4.70. The minimum atomic E-state index is -0.972. The van der Waals surface area contributed by atoms with Crippen molar-refractivity contribution in [2.24, 2.45) is 5.41 Å². The van der Waals surface area contributed by atoms with Crippen molar-refractivity contribution < 1.29 is 24.2 Å². The molecule has 1 atom stereocenters. The average Bonchev–Trinajstić information content (AvgIpc) is 3.47. The minimum Gasteiger partial charge on any atom is -0.480 e. The van der Waals surface area contributed by atoms with Crippen molar-refractivity contribution in [2.75, 3.05) is 19.7 Å². The van der Waals surface area contributed by atoms with Gasteiger partial charge in [-0.15, -0.1) is 0 Å². The maximum atomic E-state index is 12.7. The first-order valence-electron chi connectivity index (χ1n) is 10.6. The van der Waals surface area contributed by atoms with Gasteiger partial charge in [0.1, 0.15) is 12.6 Å². The van der Waals surface area contributed by atoms with Crippen molar-refractivity contribution in [3.8, 4) is 11.1 Å². The molecule has 2 aliphatic carbocycles. The number of nitrogens with one attached hydrogen (secondary N) is 1. The molecule has 1 unspecified atom stereocenters. The number of nitrogens with zero attached hydrogens (tertiary/aromatic N) is 1. The minimum absolute atomic E-state index is 0.0212. The summed E-state index contributed by atoms with van der Waals surface area (Å²) in [6.07, 6.45) is 1.23. The lowest BCUT2D eigenvalue weighted by Gasteiger charge is -2.40. The molecule has 2 aromatic rings. The Morgan fingerprint density at radius 2 is 1.65 bits per heavy atom. The standard InChI is InChI=1S/C24H24N2O5/c27-21(28)20-9-12-26(20)22(29)24(10-11-24)14-25-23(30)31-13-19-17-7-3-1-5-15(17)16-6-2-4-8-18(16)19/h1-8,19-20H,9-14H2,(H,25,30)(H,27,28). The Bertz CT molecular complexity index is 1020. The van der Waals surface area contributed by atoms with Crippen molar-refractivity contribution in [1.29, 1.82) is 0 Å². The summed E-state index contributed by atoms with van der Waals surface area (Å²) in [7, 11) is 0. The molecular weight excluding hydrogens is 396 g/mol. The molecule has 0 radical (unpaired) electrons. The lowest BCUT2D eigenvalue weighted by Crippen LogP contribution is -2.58. The number of carbonyl (C=O) groups excluding carboxylic acids is 2. The third-order valence-corrected chi connectivity index (χ3v) is 6.79. The maximum absolute atomic E-state index is 12.7. The number of alkyl carbamates (subject to hydrolysis) is 1. The number of carboxylic acids is 1. The van der Waals surface area contributed by atoms with Crippen LogP contribution in [-0.4, -0.2) is 53.7 Å². The molecule has 0 aromatic heterocycles. The van der Waals surface area contributed by atoms with E-state index in [1.165, 1.54) is 4.90 Å². The predicted molar refractivity (Wildman–Crippen MR) is 112 cm³/mol. The van der Waals surface area contributed by atoms with E-state index >= 15 is 0 Å². The molecule has 1 saturated heterocycles. The van der Waals surface area contributed by atoms with Crippen molar-refractivity contribution in [1.82, 2.24) is 10.2 Å².